The number of sulfonamides is 1. The highest BCUT2D eigenvalue weighted by molar-refractivity contribution is 7.90. The van der Waals surface area contributed by atoms with Crippen LogP contribution in [0.4, 0.5) is 0 Å². The largest absolute Gasteiger partial charge is 0.467 e. The highest BCUT2D eigenvalue weighted by Crippen LogP contribution is 2.22. The minimum atomic E-state index is -3.69. The highest BCUT2D eigenvalue weighted by atomic mass is 32.2. The number of hydrogen-bond donors (Lipinski definition) is 1. The molecule has 1 aromatic carbocycles. The Bertz CT molecular complexity index is 1010. The summed E-state index contributed by atoms with van der Waals surface area (Å²) >= 11 is 0. The fraction of sp³-hybridized carbons (Fsp3) is 0.278. The monoisotopic (exact) mass is 405 g/mol. The van der Waals surface area contributed by atoms with Gasteiger partial charge >= 0.3 is 5.97 Å². The van der Waals surface area contributed by atoms with Crippen LogP contribution < -0.4 is 4.72 Å². The third-order valence-corrected chi connectivity index (χ3v) is 5.46. The molecule has 0 bridgehead atoms. The molecule has 9 nitrogen and oxygen atoms in total. The van der Waals surface area contributed by atoms with Crippen LogP contribution in [0, 0.1) is 0 Å². The van der Waals surface area contributed by atoms with Crippen molar-refractivity contribution in [3.05, 3.63) is 54.0 Å². The van der Waals surface area contributed by atoms with E-state index in [1.807, 2.05) is 0 Å². The topological polar surface area (TPSA) is 118 Å². The van der Waals surface area contributed by atoms with Gasteiger partial charge in [0.2, 0.25) is 0 Å². The van der Waals surface area contributed by atoms with Gasteiger partial charge in [0.25, 0.3) is 15.9 Å². The van der Waals surface area contributed by atoms with Crippen molar-refractivity contribution in [3.63, 3.8) is 0 Å². The second-order valence-electron chi connectivity index (χ2n) is 6.19. The Kier molecular flexibility index (Phi) is 5.50. The van der Waals surface area contributed by atoms with Gasteiger partial charge in [-0.1, -0.05) is 12.1 Å². The van der Waals surface area contributed by atoms with Gasteiger partial charge < -0.3 is 14.1 Å². The van der Waals surface area contributed by atoms with Gasteiger partial charge in [0.1, 0.15) is 17.6 Å². The fourth-order valence-corrected chi connectivity index (χ4v) is 3.80. The first-order valence-electron chi connectivity index (χ1n) is 8.41. The molecule has 0 spiro atoms. The molecule has 28 heavy (non-hydrogen) atoms. The van der Waals surface area contributed by atoms with Crippen molar-refractivity contribution in [2.24, 2.45) is 4.99 Å². The predicted molar refractivity (Wildman–Crippen MR) is 98.9 cm³/mol. The molecular formula is C18H19N3O6S. The van der Waals surface area contributed by atoms with Crippen molar-refractivity contribution in [2.75, 3.05) is 13.7 Å². The normalized spacial score (nSPS) is 16.9. The number of amides is 1. The van der Waals surface area contributed by atoms with Crippen LogP contribution in [0.2, 0.25) is 0 Å². The zero-order chi connectivity index (χ0) is 20.3. The summed E-state index contributed by atoms with van der Waals surface area (Å²) in [6.45, 7) is 1.26. The van der Waals surface area contributed by atoms with Crippen LogP contribution in [0.5, 0.6) is 0 Å². The number of benzene rings is 1. The minimum Gasteiger partial charge on any atom is -0.467 e. The van der Waals surface area contributed by atoms with E-state index in [4.69, 9.17) is 9.15 Å². The number of esters is 1. The Labute approximate surface area is 162 Å². The van der Waals surface area contributed by atoms with Crippen molar-refractivity contribution >= 4 is 27.7 Å². The zero-order valence-corrected chi connectivity index (χ0v) is 16.1. The molecule has 2 heterocycles. The molecule has 1 N–H and O–H groups in total. The number of ether oxygens (including phenoxy) is 1. The predicted octanol–water partition coefficient (Wildman–Crippen LogP) is 0.908. The van der Waals surface area contributed by atoms with Crippen LogP contribution >= 0.6 is 0 Å². The molecule has 1 amide bonds. The van der Waals surface area contributed by atoms with E-state index in [1.165, 1.54) is 24.2 Å². The number of aliphatic imine (C=N–C) groups is 1. The van der Waals surface area contributed by atoms with Gasteiger partial charge in [0.15, 0.2) is 6.61 Å². The zero-order valence-electron chi connectivity index (χ0n) is 15.3. The Morgan fingerprint density at radius 3 is 2.71 bits per heavy atom. The Hall–Kier alpha value is -3.14. The summed E-state index contributed by atoms with van der Waals surface area (Å²) in [7, 11) is -2.13. The van der Waals surface area contributed by atoms with Crippen molar-refractivity contribution < 1.29 is 27.2 Å². The van der Waals surface area contributed by atoms with Gasteiger partial charge in [0, 0.05) is 12.6 Å². The molecule has 1 aliphatic heterocycles. The van der Waals surface area contributed by atoms with E-state index < -0.39 is 34.5 Å². The van der Waals surface area contributed by atoms with Gasteiger partial charge in [0.05, 0.1) is 17.7 Å². The second kappa shape index (κ2) is 7.85. The summed E-state index contributed by atoms with van der Waals surface area (Å²) in [6.07, 6.45) is 1.50. The van der Waals surface area contributed by atoms with Gasteiger partial charge in [-0.3, -0.25) is 14.5 Å². The van der Waals surface area contributed by atoms with Gasteiger partial charge in [-0.15, -0.1) is 0 Å². The number of furan rings is 1. The third-order valence-electron chi connectivity index (χ3n) is 4.06. The van der Waals surface area contributed by atoms with Crippen LogP contribution in [-0.4, -0.2) is 50.7 Å². The lowest BCUT2D eigenvalue weighted by molar-refractivity contribution is -0.152. The van der Waals surface area contributed by atoms with E-state index in [2.05, 4.69) is 9.71 Å². The molecule has 148 valence electrons. The Balaban J connectivity index is 1.59. The van der Waals surface area contributed by atoms with Crippen LogP contribution in [0.3, 0.4) is 0 Å². The molecule has 0 saturated heterocycles. The number of amidine groups is 1. The van der Waals surface area contributed by atoms with Gasteiger partial charge in [-0.2, -0.15) is 0 Å². The third kappa shape index (κ3) is 4.22. The standard InChI is InChI=1S/C18H19N3O6S/c1-12(19-17-14-7-3-4-8-15(14)28(24,25)20-17)18(23)27-11-16(22)21(2)10-13-6-5-9-26-13/h3-9,12H,10-11H2,1-2H3,(H,19,20)/t12-/m0/s1. The first kappa shape index (κ1) is 19.6. The second-order valence-corrected chi connectivity index (χ2v) is 7.84. The first-order chi connectivity index (χ1) is 13.3. The van der Waals surface area contributed by atoms with Crippen LogP contribution in [0.25, 0.3) is 0 Å². The van der Waals surface area contributed by atoms with Crippen molar-refractivity contribution in [1.82, 2.24) is 9.62 Å². The van der Waals surface area contributed by atoms with E-state index in [0.717, 1.165) is 0 Å². The lowest BCUT2D eigenvalue weighted by Crippen LogP contribution is -2.33. The van der Waals surface area contributed by atoms with E-state index >= 15 is 0 Å². The number of carbonyl (C=O) groups excluding carboxylic acids is 2. The molecule has 1 aliphatic rings. The maximum absolute atomic E-state index is 12.2. The number of nitrogens with zero attached hydrogens (tertiary/aromatic N) is 2. The molecule has 3 rings (SSSR count). The molecule has 0 saturated carbocycles. The number of rotatable bonds is 6. The average molecular weight is 405 g/mol. The number of nitrogens with one attached hydrogen (secondary N) is 1. The van der Waals surface area contributed by atoms with Crippen molar-refractivity contribution in [1.29, 1.82) is 0 Å². The quantitative estimate of drug-likeness (QED) is 0.714. The minimum absolute atomic E-state index is 0.0707. The van der Waals surface area contributed by atoms with Crippen LogP contribution in [-0.2, 0) is 30.9 Å². The molecule has 1 atom stereocenters. The number of carbonyl (C=O) groups is 2. The van der Waals surface area contributed by atoms with Crippen LogP contribution in [0.1, 0.15) is 18.2 Å². The lowest BCUT2D eigenvalue weighted by atomic mass is 10.2. The molecule has 0 aliphatic carbocycles. The smallest absolute Gasteiger partial charge is 0.331 e. The molecule has 1 aromatic heterocycles. The first-order valence-corrected chi connectivity index (χ1v) is 9.89. The molecule has 0 unspecified atom stereocenters. The maximum atomic E-state index is 12.2. The average Bonchev–Trinajstić information content (AvgIpc) is 3.26. The number of fused-ring (bicyclic) bond motifs is 1. The lowest BCUT2D eigenvalue weighted by Gasteiger charge is -2.16. The summed E-state index contributed by atoms with van der Waals surface area (Å²) in [4.78, 5) is 29.8. The van der Waals surface area contributed by atoms with E-state index in [0.29, 0.717) is 11.3 Å². The summed E-state index contributed by atoms with van der Waals surface area (Å²) < 4.78 is 36.6. The van der Waals surface area contributed by atoms with Crippen molar-refractivity contribution in [2.45, 2.75) is 24.4 Å². The fourth-order valence-electron chi connectivity index (χ4n) is 2.56. The SMILES string of the molecule is C[C@H](N=C1NS(=O)(=O)c2ccccc21)C(=O)OCC(=O)N(C)Cc1ccco1. The van der Waals surface area contributed by atoms with Gasteiger partial charge in [-0.05, 0) is 31.2 Å². The summed E-state index contributed by atoms with van der Waals surface area (Å²) in [6, 6.07) is 8.77. The molecule has 0 radical (unpaired) electrons. The molecule has 2 aromatic rings. The van der Waals surface area contributed by atoms with E-state index in [-0.39, 0.29) is 17.3 Å². The summed E-state index contributed by atoms with van der Waals surface area (Å²) in [5, 5.41) is 0. The molecule has 0 fully saturated rings. The van der Waals surface area contributed by atoms with Crippen molar-refractivity contribution in [3.8, 4) is 0 Å². The number of hydrogen-bond acceptors (Lipinski definition) is 7. The number of likely N-dealkylation sites (N-methyl/N-ethyl adjacent to an activating group) is 1. The highest BCUT2D eigenvalue weighted by Gasteiger charge is 2.31. The summed E-state index contributed by atoms with van der Waals surface area (Å²) in [5.41, 5.74) is 0.386. The van der Waals surface area contributed by atoms with E-state index in [9.17, 15) is 18.0 Å². The Morgan fingerprint density at radius 1 is 1.25 bits per heavy atom. The Morgan fingerprint density at radius 2 is 2.00 bits per heavy atom. The van der Waals surface area contributed by atoms with Gasteiger partial charge in [-0.25, -0.2) is 13.2 Å². The molecule has 10 heteroatoms. The maximum Gasteiger partial charge on any atom is 0.331 e. The molecular weight excluding hydrogens is 386 g/mol. The van der Waals surface area contributed by atoms with Crippen LogP contribution in [0.15, 0.2) is 57.0 Å². The van der Waals surface area contributed by atoms with E-state index in [1.54, 1.807) is 37.4 Å². The summed E-state index contributed by atoms with van der Waals surface area (Å²) in [5.74, 6) is -0.470.